The van der Waals surface area contributed by atoms with Crippen molar-refractivity contribution in [2.45, 2.75) is 159 Å². The van der Waals surface area contributed by atoms with Crippen LogP contribution < -0.4 is 21.3 Å². The van der Waals surface area contributed by atoms with Crippen molar-refractivity contribution in [1.82, 2.24) is 50.5 Å². The first kappa shape index (κ1) is 52.4. The summed E-state index contributed by atoms with van der Waals surface area (Å²) in [6, 6.07) is 6.08. The van der Waals surface area contributed by atoms with Gasteiger partial charge in [0.15, 0.2) is 0 Å². The van der Waals surface area contributed by atoms with Gasteiger partial charge in [-0.3, -0.25) is 29.0 Å². The van der Waals surface area contributed by atoms with Crippen LogP contribution >= 0.6 is 0 Å². The third-order valence-corrected chi connectivity index (χ3v) is 17.9. The molecule has 0 radical (unpaired) electrons. The zero-order valence-electron chi connectivity index (χ0n) is 42.8. The Morgan fingerprint density at radius 1 is 0.863 bits per heavy atom. The average molecular weight is 1010 g/mol. The Balaban J connectivity index is 0.715. The van der Waals surface area contributed by atoms with Gasteiger partial charge in [0.2, 0.25) is 29.5 Å². The fraction of sp³-hybridized carbons (Fsp3) is 0.667. The maximum absolute atomic E-state index is 14.2. The van der Waals surface area contributed by atoms with Crippen molar-refractivity contribution in [2.75, 3.05) is 52.1 Å². The number of nitrogens with zero attached hydrogens (tertiary/aromatic N) is 7. The fourth-order valence-corrected chi connectivity index (χ4v) is 13.1. The van der Waals surface area contributed by atoms with Gasteiger partial charge in [0.05, 0.1) is 35.1 Å². The normalized spacial score (nSPS) is 28.3. The highest BCUT2D eigenvalue weighted by Gasteiger charge is 2.46. The zero-order chi connectivity index (χ0) is 51.6. The number of nitrogens with one attached hydrogen (secondary N) is 4. The first-order chi connectivity index (χ1) is 35.0. The Morgan fingerprint density at radius 3 is 2.29 bits per heavy atom. The maximum atomic E-state index is 14.2. The van der Waals surface area contributed by atoms with Gasteiger partial charge in [-0.05, 0) is 159 Å². The molecule has 5 heterocycles. The van der Waals surface area contributed by atoms with E-state index in [4.69, 9.17) is 0 Å². The van der Waals surface area contributed by atoms with Crippen LogP contribution in [-0.2, 0) is 30.1 Å². The van der Waals surface area contributed by atoms with Crippen molar-refractivity contribution in [3.8, 4) is 0 Å². The number of hydrogen-bond donors (Lipinski definition) is 4. The number of benzene rings is 1. The molecule has 1 aromatic carbocycles. The molecule has 0 unspecified atom stereocenters. The molecule has 3 saturated heterocycles. The number of fused-ring (bicyclic) bond motifs is 1. The number of aromatic nitrogens is 3. The quantitative estimate of drug-likeness (QED) is 0.147. The molecule has 3 aliphatic heterocycles. The van der Waals surface area contributed by atoms with Gasteiger partial charge in [0.25, 0.3) is 0 Å². The topological polar surface area (TPSA) is 185 Å². The predicted molar refractivity (Wildman–Crippen MR) is 269 cm³/mol. The first-order valence-corrected chi connectivity index (χ1v) is 26.8. The van der Waals surface area contributed by atoms with Crippen molar-refractivity contribution in [3.63, 3.8) is 0 Å². The average Bonchev–Trinajstić information content (AvgIpc) is 3.90. The number of rotatable bonds is 14. The monoisotopic (exact) mass is 1010 g/mol. The van der Waals surface area contributed by atoms with E-state index in [9.17, 15) is 37.1 Å². The molecule has 6 fully saturated rings. The Bertz CT molecular complexity index is 2450. The number of carbonyl (C=O) groups excluding carboxylic acids is 5. The molecule has 0 bridgehead atoms. The van der Waals surface area contributed by atoms with Crippen LogP contribution in [0, 0.1) is 23.2 Å². The highest BCUT2D eigenvalue weighted by atomic mass is 19.4. The number of alkyl halides is 3. The molecule has 5 amide bonds. The summed E-state index contributed by atoms with van der Waals surface area (Å²) in [5, 5.41) is 13.2. The third kappa shape index (κ3) is 11.8. The molecule has 6 atom stereocenters. The lowest BCUT2D eigenvalue weighted by Crippen LogP contribution is -2.59. The number of pyridine rings is 1. The van der Waals surface area contributed by atoms with Gasteiger partial charge >= 0.3 is 6.18 Å². The van der Waals surface area contributed by atoms with E-state index in [0.29, 0.717) is 56.8 Å². The summed E-state index contributed by atoms with van der Waals surface area (Å²) < 4.78 is 40.9. The fourth-order valence-electron chi connectivity index (χ4n) is 13.1. The summed E-state index contributed by atoms with van der Waals surface area (Å²) in [4.78, 5) is 88.7. The van der Waals surface area contributed by atoms with Crippen LogP contribution in [0.3, 0.4) is 0 Å². The molecule has 1 spiro atoms. The zero-order valence-corrected chi connectivity index (χ0v) is 42.8. The molecule has 73 heavy (non-hydrogen) atoms. The standard InChI is InChI=1S/C54H74F3N11O5/c1-33(2)65(3)39-12-14-45(68-24-17-43(52(68)73)63-48-40-28-37(54(55,56)57)9-13-42(40)60-32-61-48)44(29-39)64-50(71)34-7-10-38(11-8-34)62-49(70)35-15-18-53(19-16-35)20-25-67(26-21-53)27-23-59-51(72)41-30-46(69)66(4)47(41)36-6-5-22-58-31-36/h5-6,9,13,22,28,31-35,38-39,41,43-45,47H,7-8,10-12,14-21,23-27,29-30H2,1-4H3,(H,59,72)(H,62,70)(H,64,71)(H,60,61,63)/t34-,38+,39-,41+,43+,44-,45+,47-/m1/s1. The van der Waals surface area contributed by atoms with Crippen LogP contribution in [0.2, 0.25) is 0 Å². The number of carbonyl (C=O) groups is 5. The molecule has 6 aliphatic rings. The van der Waals surface area contributed by atoms with E-state index in [2.05, 4.69) is 66.9 Å². The highest BCUT2D eigenvalue weighted by Crippen LogP contribution is 2.47. The van der Waals surface area contributed by atoms with Crippen molar-refractivity contribution < 1.29 is 37.1 Å². The lowest BCUT2D eigenvalue weighted by Gasteiger charge is -2.46. The Labute approximate surface area is 426 Å². The molecule has 2 aromatic heterocycles. The molecule has 3 aromatic rings. The Hall–Kier alpha value is -5.43. The summed E-state index contributed by atoms with van der Waals surface area (Å²) in [5.74, 6) is -0.656. The number of likely N-dealkylation sites (tertiary alicyclic amines) is 3. The number of piperidine rings is 1. The third-order valence-electron chi connectivity index (χ3n) is 17.9. The van der Waals surface area contributed by atoms with E-state index in [1.807, 2.05) is 17.0 Å². The van der Waals surface area contributed by atoms with Gasteiger partial charge < -0.3 is 40.9 Å². The Morgan fingerprint density at radius 2 is 1.59 bits per heavy atom. The molecule has 9 rings (SSSR count). The van der Waals surface area contributed by atoms with E-state index in [1.54, 1.807) is 24.3 Å². The summed E-state index contributed by atoms with van der Waals surface area (Å²) in [7, 11) is 3.85. The van der Waals surface area contributed by atoms with Crippen LogP contribution in [0.15, 0.2) is 49.1 Å². The molecule has 4 N–H and O–H groups in total. The molecule has 3 aliphatic carbocycles. The van der Waals surface area contributed by atoms with Crippen LogP contribution in [0.4, 0.5) is 19.0 Å². The predicted octanol–water partition coefficient (Wildman–Crippen LogP) is 6.09. The minimum atomic E-state index is -4.54. The van der Waals surface area contributed by atoms with Crippen LogP contribution in [-0.4, -0.2) is 147 Å². The molecular weight excluding hydrogens is 940 g/mol. The molecule has 3 saturated carbocycles. The van der Waals surface area contributed by atoms with Crippen molar-refractivity contribution in [3.05, 3.63) is 60.2 Å². The molecular formula is C54H74F3N11O5. The van der Waals surface area contributed by atoms with Crippen LogP contribution in [0.1, 0.15) is 127 Å². The van der Waals surface area contributed by atoms with Crippen LogP contribution in [0.5, 0.6) is 0 Å². The number of anilines is 1. The summed E-state index contributed by atoms with van der Waals surface area (Å²) in [5.41, 5.74) is 0.639. The van der Waals surface area contributed by atoms with Crippen molar-refractivity contribution in [1.29, 1.82) is 0 Å². The lowest BCUT2D eigenvalue weighted by molar-refractivity contribution is -0.137. The lowest BCUT2D eigenvalue weighted by atomic mass is 9.65. The Kier molecular flexibility index (Phi) is 15.9. The van der Waals surface area contributed by atoms with E-state index in [1.165, 1.54) is 12.4 Å². The maximum Gasteiger partial charge on any atom is 0.416 e. The van der Waals surface area contributed by atoms with E-state index >= 15 is 0 Å². The smallest absolute Gasteiger partial charge is 0.358 e. The highest BCUT2D eigenvalue weighted by molar-refractivity contribution is 5.93. The minimum absolute atomic E-state index is 0.0114. The van der Waals surface area contributed by atoms with Crippen molar-refractivity contribution >= 4 is 46.3 Å². The summed E-state index contributed by atoms with van der Waals surface area (Å²) >= 11 is 0. The summed E-state index contributed by atoms with van der Waals surface area (Å²) in [6.07, 6.45) is 11.8. The minimum Gasteiger partial charge on any atom is -0.358 e. The van der Waals surface area contributed by atoms with Crippen LogP contribution in [0.25, 0.3) is 10.9 Å². The van der Waals surface area contributed by atoms with Gasteiger partial charge in [-0.1, -0.05) is 6.07 Å². The van der Waals surface area contributed by atoms with Gasteiger partial charge in [-0.25, -0.2) is 9.97 Å². The SMILES string of the molecule is CC(C)N(C)[C@@H]1CC[C@H](N2CC[C@H](Nc3ncnc4ccc(C(F)(F)F)cc34)C2=O)[C@H](NC(=O)[C@H]2CC[C@@H](NC(=O)C3CCC4(CC3)CCN(CCNC(=O)[C@H]3CC(=O)N(C)[C@@H]3c3cccnc3)CC4)CC2)C1. The van der Waals surface area contributed by atoms with Gasteiger partial charge in [-0.15, -0.1) is 0 Å². The second kappa shape index (κ2) is 22.2. The van der Waals surface area contributed by atoms with Gasteiger partial charge in [0.1, 0.15) is 18.2 Å². The number of halogens is 3. The van der Waals surface area contributed by atoms with Gasteiger partial charge in [0, 0.05) is 80.8 Å². The molecule has 19 heteroatoms. The van der Waals surface area contributed by atoms with E-state index < -0.39 is 23.7 Å². The first-order valence-electron chi connectivity index (χ1n) is 26.8. The number of amides is 5. The van der Waals surface area contributed by atoms with Gasteiger partial charge in [-0.2, -0.15) is 13.2 Å². The van der Waals surface area contributed by atoms with Crippen molar-refractivity contribution in [2.24, 2.45) is 23.2 Å². The molecule has 396 valence electrons. The second-order valence-corrected chi connectivity index (χ2v) is 22.4. The van der Waals surface area contributed by atoms with E-state index in [0.717, 1.165) is 95.1 Å². The summed E-state index contributed by atoms with van der Waals surface area (Å²) in [6.45, 7) is 7.95. The molecule has 16 nitrogen and oxygen atoms in total. The second-order valence-electron chi connectivity index (χ2n) is 22.4. The number of hydrogen-bond acceptors (Lipinski definition) is 11. The largest absolute Gasteiger partial charge is 0.416 e. The van der Waals surface area contributed by atoms with E-state index in [-0.39, 0.29) is 94.6 Å².